The lowest BCUT2D eigenvalue weighted by Crippen LogP contribution is -2.59. The van der Waals surface area contributed by atoms with Gasteiger partial charge >= 0.3 is 0 Å². The molecule has 0 aromatic heterocycles. The van der Waals surface area contributed by atoms with Gasteiger partial charge in [-0.05, 0) is 19.4 Å². The average molecular weight is 195 g/mol. The zero-order valence-corrected chi connectivity index (χ0v) is 8.46. The van der Waals surface area contributed by atoms with E-state index in [9.17, 15) is 5.26 Å². The Morgan fingerprint density at radius 3 is 2.71 bits per heavy atom. The largest absolute Gasteiger partial charge is 0.379 e. The molecule has 2 saturated heterocycles. The van der Waals surface area contributed by atoms with Gasteiger partial charge in [-0.15, -0.1) is 0 Å². The Labute approximate surface area is 84.8 Å². The van der Waals surface area contributed by atoms with Crippen LogP contribution in [0.4, 0.5) is 0 Å². The first-order valence-electron chi connectivity index (χ1n) is 5.32. The van der Waals surface area contributed by atoms with Gasteiger partial charge in [0.1, 0.15) is 5.54 Å². The summed E-state index contributed by atoms with van der Waals surface area (Å²) in [6.45, 7) is 5.19. The Morgan fingerprint density at radius 2 is 2.14 bits per heavy atom. The lowest BCUT2D eigenvalue weighted by Gasteiger charge is -2.43. The SMILES string of the molecule is N#CC1(N2CCOCC2)CCCNC1. The highest BCUT2D eigenvalue weighted by atomic mass is 16.5. The number of nitrogens with one attached hydrogen (secondary N) is 1. The third-order valence-corrected chi connectivity index (χ3v) is 3.19. The topological polar surface area (TPSA) is 48.3 Å². The number of nitrogens with zero attached hydrogens (tertiary/aromatic N) is 2. The molecule has 0 spiro atoms. The Kier molecular flexibility index (Phi) is 3.02. The summed E-state index contributed by atoms with van der Waals surface area (Å²) in [7, 11) is 0. The summed E-state index contributed by atoms with van der Waals surface area (Å²) < 4.78 is 5.31. The van der Waals surface area contributed by atoms with Gasteiger partial charge < -0.3 is 10.1 Å². The molecule has 0 aromatic carbocycles. The molecule has 0 amide bonds. The molecule has 0 bridgehead atoms. The predicted molar refractivity (Wildman–Crippen MR) is 52.8 cm³/mol. The first-order valence-corrected chi connectivity index (χ1v) is 5.32. The molecule has 4 nitrogen and oxygen atoms in total. The second-order valence-electron chi connectivity index (χ2n) is 4.02. The summed E-state index contributed by atoms with van der Waals surface area (Å²) in [5.74, 6) is 0. The highest BCUT2D eigenvalue weighted by Crippen LogP contribution is 2.24. The summed E-state index contributed by atoms with van der Waals surface area (Å²) in [6.07, 6.45) is 2.10. The quantitative estimate of drug-likeness (QED) is 0.638. The van der Waals surface area contributed by atoms with Crippen LogP contribution in [-0.2, 0) is 4.74 Å². The molecule has 4 heteroatoms. The Hall–Kier alpha value is -0.630. The maximum Gasteiger partial charge on any atom is 0.121 e. The minimum absolute atomic E-state index is 0.262. The summed E-state index contributed by atoms with van der Waals surface area (Å²) in [5, 5.41) is 12.6. The summed E-state index contributed by atoms with van der Waals surface area (Å²) in [4.78, 5) is 2.28. The molecule has 1 N–H and O–H groups in total. The third-order valence-electron chi connectivity index (χ3n) is 3.19. The van der Waals surface area contributed by atoms with Gasteiger partial charge in [-0.2, -0.15) is 5.26 Å². The van der Waals surface area contributed by atoms with Gasteiger partial charge in [0.15, 0.2) is 0 Å². The molecule has 2 aliphatic heterocycles. The molecule has 0 aromatic rings. The molecule has 78 valence electrons. The van der Waals surface area contributed by atoms with E-state index in [1.807, 2.05) is 0 Å². The van der Waals surface area contributed by atoms with Gasteiger partial charge in [0.2, 0.25) is 0 Å². The van der Waals surface area contributed by atoms with Gasteiger partial charge in [-0.1, -0.05) is 0 Å². The number of nitriles is 1. The highest BCUT2D eigenvalue weighted by molar-refractivity contribution is 5.11. The van der Waals surface area contributed by atoms with Crippen LogP contribution in [0, 0.1) is 11.3 Å². The molecular weight excluding hydrogens is 178 g/mol. The van der Waals surface area contributed by atoms with Gasteiger partial charge in [0.25, 0.3) is 0 Å². The van der Waals surface area contributed by atoms with Crippen LogP contribution in [0.2, 0.25) is 0 Å². The van der Waals surface area contributed by atoms with E-state index in [1.165, 1.54) is 0 Å². The van der Waals surface area contributed by atoms with Crippen molar-refractivity contribution in [3.63, 3.8) is 0 Å². The molecule has 2 fully saturated rings. The minimum Gasteiger partial charge on any atom is -0.379 e. The van der Waals surface area contributed by atoms with E-state index >= 15 is 0 Å². The van der Waals surface area contributed by atoms with E-state index in [4.69, 9.17) is 4.74 Å². The molecule has 0 saturated carbocycles. The minimum atomic E-state index is -0.262. The van der Waals surface area contributed by atoms with E-state index in [0.717, 1.165) is 52.2 Å². The predicted octanol–water partition coefficient (Wildman–Crippen LogP) is -0.0356. The first kappa shape index (κ1) is 9.91. The molecule has 1 atom stereocenters. The fraction of sp³-hybridized carbons (Fsp3) is 0.900. The van der Waals surface area contributed by atoms with Crippen LogP contribution >= 0.6 is 0 Å². The van der Waals surface area contributed by atoms with E-state index in [2.05, 4.69) is 16.3 Å². The lowest BCUT2D eigenvalue weighted by molar-refractivity contribution is -0.0104. The molecule has 1 unspecified atom stereocenters. The van der Waals surface area contributed by atoms with Crippen LogP contribution in [0.15, 0.2) is 0 Å². The van der Waals surface area contributed by atoms with Gasteiger partial charge in [-0.3, -0.25) is 4.90 Å². The number of morpholine rings is 1. The lowest BCUT2D eigenvalue weighted by atomic mass is 9.89. The maximum absolute atomic E-state index is 9.32. The summed E-state index contributed by atoms with van der Waals surface area (Å²) >= 11 is 0. The zero-order valence-electron chi connectivity index (χ0n) is 8.46. The van der Waals surface area contributed by atoms with Crippen LogP contribution in [0.3, 0.4) is 0 Å². The number of rotatable bonds is 1. The van der Waals surface area contributed by atoms with E-state index in [0.29, 0.717) is 0 Å². The van der Waals surface area contributed by atoms with Crippen molar-refractivity contribution >= 4 is 0 Å². The normalized spacial score (nSPS) is 35.1. The van der Waals surface area contributed by atoms with Crippen LogP contribution in [0.1, 0.15) is 12.8 Å². The number of piperidine rings is 1. The van der Waals surface area contributed by atoms with Crippen molar-refractivity contribution in [1.29, 1.82) is 5.26 Å². The molecular formula is C10H17N3O. The fourth-order valence-electron chi connectivity index (χ4n) is 2.32. The van der Waals surface area contributed by atoms with Gasteiger partial charge in [-0.25, -0.2) is 0 Å². The van der Waals surface area contributed by atoms with Crippen molar-refractivity contribution in [2.75, 3.05) is 39.4 Å². The summed E-state index contributed by atoms with van der Waals surface area (Å²) in [5.41, 5.74) is -0.262. The second kappa shape index (κ2) is 4.26. The van der Waals surface area contributed by atoms with Crippen molar-refractivity contribution in [3.8, 4) is 6.07 Å². The number of hydrogen-bond acceptors (Lipinski definition) is 4. The summed E-state index contributed by atoms with van der Waals surface area (Å²) in [6, 6.07) is 2.50. The monoisotopic (exact) mass is 195 g/mol. The number of hydrogen-bond donors (Lipinski definition) is 1. The van der Waals surface area contributed by atoms with E-state index in [1.54, 1.807) is 0 Å². The standard InChI is InChI=1S/C10H17N3O/c11-8-10(2-1-3-12-9-10)13-4-6-14-7-5-13/h12H,1-7,9H2. The first-order chi connectivity index (χ1) is 6.87. The van der Waals surface area contributed by atoms with Crippen LogP contribution < -0.4 is 5.32 Å². The number of ether oxygens (including phenoxy) is 1. The molecule has 2 aliphatic rings. The van der Waals surface area contributed by atoms with Crippen molar-refractivity contribution in [2.45, 2.75) is 18.4 Å². The van der Waals surface area contributed by atoms with Crippen LogP contribution in [-0.4, -0.2) is 49.8 Å². The third kappa shape index (κ3) is 1.76. The van der Waals surface area contributed by atoms with E-state index in [-0.39, 0.29) is 5.54 Å². The van der Waals surface area contributed by atoms with Crippen LogP contribution in [0.25, 0.3) is 0 Å². The maximum atomic E-state index is 9.32. The van der Waals surface area contributed by atoms with Crippen molar-refractivity contribution in [1.82, 2.24) is 10.2 Å². The average Bonchev–Trinajstić information content (AvgIpc) is 2.31. The Balaban J connectivity index is 2.06. The molecule has 14 heavy (non-hydrogen) atoms. The molecule has 0 radical (unpaired) electrons. The van der Waals surface area contributed by atoms with Gasteiger partial charge in [0, 0.05) is 19.6 Å². The fourth-order valence-corrected chi connectivity index (χ4v) is 2.32. The van der Waals surface area contributed by atoms with Crippen molar-refractivity contribution in [3.05, 3.63) is 0 Å². The van der Waals surface area contributed by atoms with Crippen molar-refractivity contribution < 1.29 is 4.74 Å². The highest BCUT2D eigenvalue weighted by Gasteiger charge is 2.38. The molecule has 2 heterocycles. The zero-order chi connectivity index (χ0) is 9.86. The molecule has 2 rings (SSSR count). The van der Waals surface area contributed by atoms with E-state index < -0.39 is 0 Å². The Bertz CT molecular complexity index is 224. The van der Waals surface area contributed by atoms with Crippen LogP contribution in [0.5, 0.6) is 0 Å². The van der Waals surface area contributed by atoms with Crippen molar-refractivity contribution in [2.24, 2.45) is 0 Å². The molecule has 0 aliphatic carbocycles. The smallest absolute Gasteiger partial charge is 0.121 e. The second-order valence-corrected chi connectivity index (χ2v) is 4.02. The Morgan fingerprint density at radius 1 is 1.36 bits per heavy atom. The van der Waals surface area contributed by atoms with Gasteiger partial charge in [0.05, 0.1) is 19.3 Å².